The lowest BCUT2D eigenvalue weighted by Gasteiger charge is -2.08. The van der Waals surface area contributed by atoms with Gasteiger partial charge in [0, 0.05) is 35.7 Å². The third kappa shape index (κ3) is 3.98. The smallest absolute Gasteiger partial charge is 0.251 e. The second-order valence-electron chi connectivity index (χ2n) is 5.15. The Morgan fingerprint density at radius 2 is 1.86 bits per heavy atom. The molecule has 0 unspecified atom stereocenters. The molecule has 1 amide bonds. The van der Waals surface area contributed by atoms with Gasteiger partial charge >= 0.3 is 0 Å². The van der Waals surface area contributed by atoms with Crippen molar-refractivity contribution in [3.8, 4) is 0 Å². The zero-order valence-corrected chi connectivity index (χ0v) is 12.4. The molecule has 0 spiro atoms. The minimum atomic E-state index is -0.164. The number of nitrogens with two attached hydrogens (primary N) is 2. The van der Waals surface area contributed by atoms with Gasteiger partial charge in [-0.1, -0.05) is 0 Å². The fourth-order valence-electron chi connectivity index (χ4n) is 2.24. The van der Waals surface area contributed by atoms with Crippen molar-refractivity contribution >= 4 is 17.3 Å². The van der Waals surface area contributed by atoms with Crippen molar-refractivity contribution in [2.75, 3.05) is 18.0 Å². The third-order valence-electron chi connectivity index (χ3n) is 3.18. The quantitative estimate of drug-likeness (QED) is 0.573. The molecular formula is C15H21N5O. The molecule has 6 heteroatoms. The molecule has 0 fully saturated rings. The Bertz CT molecular complexity index is 627. The van der Waals surface area contributed by atoms with E-state index in [1.165, 1.54) is 0 Å². The molecular weight excluding hydrogens is 266 g/mol. The van der Waals surface area contributed by atoms with Crippen LogP contribution >= 0.6 is 0 Å². The SMILES string of the molecule is Cc1cc(C)n(CCCNC(=O)c2cc(N)cc(N)c2)n1. The fourth-order valence-corrected chi connectivity index (χ4v) is 2.24. The number of aromatic nitrogens is 2. The summed E-state index contributed by atoms with van der Waals surface area (Å²) >= 11 is 0. The van der Waals surface area contributed by atoms with Crippen LogP contribution in [-0.4, -0.2) is 22.2 Å². The van der Waals surface area contributed by atoms with Crippen molar-refractivity contribution < 1.29 is 4.79 Å². The van der Waals surface area contributed by atoms with Gasteiger partial charge in [-0.3, -0.25) is 9.48 Å². The number of rotatable bonds is 5. The average Bonchev–Trinajstić information content (AvgIpc) is 2.71. The van der Waals surface area contributed by atoms with Gasteiger partial charge in [-0.25, -0.2) is 0 Å². The summed E-state index contributed by atoms with van der Waals surface area (Å²) in [4.78, 5) is 12.0. The highest BCUT2D eigenvalue weighted by Crippen LogP contribution is 2.13. The maximum Gasteiger partial charge on any atom is 0.251 e. The number of carbonyl (C=O) groups excluding carboxylic acids is 1. The predicted octanol–water partition coefficient (Wildman–Crippen LogP) is 1.48. The minimum Gasteiger partial charge on any atom is -0.399 e. The first-order valence-corrected chi connectivity index (χ1v) is 6.91. The summed E-state index contributed by atoms with van der Waals surface area (Å²) in [7, 11) is 0. The number of aryl methyl sites for hydroxylation is 3. The Morgan fingerprint density at radius 1 is 1.19 bits per heavy atom. The van der Waals surface area contributed by atoms with Crippen LogP contribution in [0.25, 0.3) is 0 Å². The minimum absolute atomic E-state index is 0.164. The van der Waals surface area contributed by atoms with E-state index in [4.69, 9.17) is 11.5 Å². The normalized spacial score (nSPS) is 10.6. The Kier molecular flexibility index (Phi) is 4.47. The molecule has 0 saturated carbocycles. The standard InChI is InChI=1S/C15H21N5O/c1-10-6-11(2)20(19-10)5-3-4-18-15(21)12-7-13(16)9-14(17)8-12/h6-9H,3-5,16-17H2,1-2H3,(H,18,21). The van der Waals surface area contributed by atoms with Crippen molar-refractivity contribution in [1.82, 2.24) is 15.1 Å². The first-order chi connectivity index (χ1) is 9.95. The van der Waals surface area contributed by atoms with Crippen LogP contribution in [0.15, 0.2) is 24.3 Å². The number of amides is 1. The van der Waals surface area contributed by atoms with E-state index in [9.17, 15) is 4.79 Å². The lowest BCUT2D eigenvalue weighted by Crippen LogP contribution is -2.25. The lowest BCUT2D eigenvalue weighted by atomic mass is 10.1. The molecule has 0 bridgehead atoms. The van der Waals surface area contributed by atoms with Crippen LogP contribution in [0.4, 0.5) is 11.4 Å². The monoisotopic (exact) mass is 287 g/mol. The first kappa shape index (κ1) is 14.9. The number of nitrogens with zero attached hydrogens (tertiary/aromatic N) is 2. The van der Waals surface area contributed by atoms with Gasteiger partial charge in [-0.15, -0.1) is 0 Å². The van der Waals surface area contributed by atoms with Crippen molar-refractivity contribution in [2.24, 2.45) is 0 Å². The Morgan fingerprint density at radius 3 is 2.43 bits per heavy atom. The second kappa shape index (κ2) is 6.30. The number of hydrogen-bond donors (Lipinski definition) is 3. The fraction of sp³-hybridized carbons (Fsp3) is 0.333. The van der Waals surface area contributed by atoms with Crippen molar-refractivity contribution in [3.63, 3.8) is 0 Å². The highest BCUT2D eigenvalue weighted by atomic mass is 16.1. The van der Waals surface area contributed by atoms with Gasteiger partial charge in [0.2, 0.25) is 0 Å². The Hall–Kier alpha value is -2.50. The first-order valence-electron chi connectivity index (χ1n) is 6.91. The summed E-state index contributed by atoms with van der Waals surface area (Å²) < 4.78 is 1.94. The van der Waals surface area contributed by atoms with Gasteiger partial charge in [0.25, 0.3) is 5.91 Å². The summed E-state index contributed by atoms with van der Waals surface area (Å²) in [5.41, 5.74) is 14.9. The summed E-state index contributed by atoms with van der Waals surface area (Å²) in [5, 5.41) is 7.24. The molecule has 21 heavy (non-hydrogen) atoms. The predicted molar refractivity (Wildman–Crippen MR) is 83.9 cm³/mol. The van der Waals surface area contributed by atoms with E-state index in [1.54, 1.807) is 18.2 Å². The van der Waals surface area contributed by atoms with Crippen LogP contribution in [0, 0.1) is 13.8 Å². The van der Waals surface area contributed by atoms with Gasteiger partial charge in [0.1, 0.15) is 0 Å². The summed E-state index contributed by atoms with van der Waals surface area (Å²) in [6.07, 6.45) is 0.811. The number of nitrogen functional groups attached to an aromatic ring is 2. The highest BCUT2D eigenvalue weighted by molar-refractivity contribution is 5.96. The van der Waals surface area contributed by atoms with Crippen molar-refractivity contribution in [1.29, 1.82) is 0 Å². The number of nitrogens with one attached hydrogen (secondary N) is 1. The highest BCUT2D eigenvalue weighted by Gasteiger charge is 2.07. The molecule has 1 aromatic carbocycles. The molecule has 5 N–H and O–H groups in total. The van der Waals surface area contributed by atoms with E-state index >= 15 is 0 Å². The van der Waals surface area contributed by atoms with Crippen LogP contribution in [-0.2, 0) is 6.54 Å². The molecule has 1 aromatic heterocycles. The van der Waals surface area contributed by atoms with E-state index < -0.39 is 0 Å². The molecule has 6 nitrogen and oxygen atoms in total. The van der Waals surface area contributed by atoms with E-state index in [2.05, 4.69) is 10.4 Å². The second-order valence-corrected chi connectivity index (χ2v) is 5.15. The molecule has 0 radical (unpaired) electrons. The Balaban J connectivity index is 1.83. The van der Waals surface area contributed by atoms with Crippen LogP contribution in [0.1, 0.15) is 28.2 Å². The van der Waals surface area contributed by atoms with Gasteiger partial charge in [0.05, 0.1) is 5.69 Å². The molecule has 0 aliphatic carbocycles. The van der Waals surface area contributed by atoms with Crippen molar-refractivity contribution in [2.45, 2.75) is 26.8 Å². The average molecular weight is 287 g/mol. The summed E-state index contributed by atoms with van der Waals surface area (Å²) in [5.74, 6) is -0.164. The topological polar surface area (TPSA) is 99.0 Å². The molecule has 0 saturated heterocycles. The van der Waals surface area contributed by atoms with E-state index in [0.29, 0.717) is 23.5 Å². The molecule has 1 heterocycles. The van der Waals surface area contributed by atoms with E-state index in [-0.39, 0.29) is 5.91 Å². The van der Waals surface area contributed by atoms with Crippen LogP contribution in [0.5, 0.6) is 0 Å². The van der Waals surface area contributed by atoms with Gasteiger partial charge in [-0.2, -0.15) is 5.10 Å². The van der Waals surface area contributed by atoms with E-state index in [1.807, 2.05) is 24.6 Å². The zero-order chi connectivity index (χ0) is 15.4. The lowest BCUT2D eigenvalue weighted by molar-refractivity contribution is 0.0952. The van der Waals surface area contributed by atoms with Crippen LogP contribution in [0.3, 0.4) is 0 Å². The van der Waals surface area contributed by atoms with Gasteiger partial charge in [0.15, 0.2) is 0 Å². The maximum atomic E-state index is 12.0. The van der Waals surface area contributed by atoms with Gasteiger partial charge < -0.3 is 16.8 Å². The zero-order valence-electron chi connectivity index (χ0n) is 12.4. The molecule has 0 aliphatic heterocycles. The third-order valence-corrected chi connectivity index (χ3v) is 3.18. The molecule has 0 atom stereocenters. The number of benzene rings is 1. The largest absolute Gasteiger partial charge is 0.399 e. The van der Waals surface area contributed by atoms with Crippen LogP contribution in [0.2, 0.25) is 0 Å². The summed E-state index contributed by atoms with van der Waals surface area (Å²) in [6.45, 7) is 5.34. The number of hydrogen-bond acceptors (Lipinski definition) is 4. The molecule has 0 aliphatic rings. The van der Waals surface area contributed by atoms with Crippen molar-refractivity contribution in [3.05, 3.63) is 41.2 Å². The summed E-state index contributed by atoms with van der Waals surface area (Å²) in [6, 6.07) is 6.90. The Labute approximate surface area is 124 Å². The molecule has 2 rings (SSSR count). The van der Waals surface area contributed by atoms with E-state index in [0.717, 1.165) is 24.4 Å². The number of carbonyl (C=O) groups is 1. The van der Waals surface area contributed by atoms with Gasteiger partial charge in [-0.05, 0) is 44.5 Å². The molecule has 2 aromatic rings. The van der Waals surface area contributed by atoms with Crippen LogP contribution < -0.4 is 16.8 Å². The number of anilines is 2. The molecule has 112 valence electrons. The maximum absolute atomic E-state index is 12.0.